The van der Waals surface area contributed by atoms with Crippen LogP contribution in [0.5, 0.6) is 5.75 Å². The van der Waals surface area contributed by atoms with Crippen molar-refractivity contribution in [2.24, 2.45) is 0 Å². The maximum Gasteiger partial charge on any atom is 0.340 e. The summed E-state index contributed by atoms with van der Waals surface area (Å²) in [4.78, 5) is 14.1. The van der Waals surface area contributed by atoms with E-state index in [1.165, 1.54) is 0 Å². The molecule has 0 amide bonds. The lowest BCUT2D eigenvalue weighted by Crippen LogP contribution is -2.36. The average molecular weight is 353 g/mol. The lowest BCUT2D eigenvalue weighted by atomic mass is 10.0. The number of morpholine rings is 1. The molecule has 1 aliphatic heterocycles. The smallest absolute Gasteiger partial charge is 0.340 e. The molecule has 0 aliphatic carbocycles. The minimum absolute atomic E-state index is 0.151. The number of rotatable bonds is 4. The summed E-state index contributed by atoms with van der Waals surface area (Å²) in [5.41, 5.74) is 2.50. The van der Waals surface area contributed by atoms with Crippen LogP contribution in [0.25, 0.3) is 22.3 Å². The predicted molar refractivity (Wildman–Crippen MR) is 98.2 cm³/mol. The van der Waals surface area contributed by atoms with Crippen LogP contribution in [0.15, 0.2) is 46.9 Å². The highest BCUT2D eigenvalue weighted by atomic mass is 16.5. The van der Waals surface area contributed by atoms with Crippen LogP contribution in [0.2, 0.25) is 0 Å². The zero-order chi connectivity index (χ0) is 18.1. The van der Waals surface area contributed by atoms with Gasteiger partial charge < -0.3 is 23.9 Å². The Bertz CT molecular complexity index is 939. The van der Waals surface area contributed by atoms with Gasteiger partial charge in [-0.3, -0.25) is 0 Å². The van der Waals surface area contributed by atoms with Crippen LogP contribution in [0, 0.1) is 0 Å². The molecule has 3 aromatic rings. The summed E-state index contributed by atoms with van der Waals surface area (Å²) in [5, 5.41) is 10.2. The van der Waals surface area contributed by atoms with Gasteiger partial charge in [-0.15, -0.1) is 0 Å². The molecule has 1 saturated heterocycles. The molecule has 0 spiro atoms. The van der Waals surface area contributed by atoms with Crippen molar-refractivity contribution in [3.05, 3.63) is 48.0 Å². The van der Waals surface area contributed by atoms with Crippen LogP contribution >= 0.6 is 0 Å². The Balaban J connectivity index is 1.75. The fourth-order valence-corrected chi connectivity index (χ4v) is 3.26. The Labute approximate surface area is 150 Å². The molecule has 1 aromatic heterocycles. The maximum absolute atomic E-state index is 11.9. The lowest BCUT2D eigenvalue weighted by Gasteiger charge is -2.28. The van der Waals surface area contributed by atoms with E-state index in [2.05, 4.69) is 4.90 Å². The number of carboxylic acid groups (broad SMARTS) is 1. The summed E-state index contributed by atoms with van der Waals surface area (Å²) < 4.78 is 16.4. The van der Waals surface area contributed by atoms with Crippen LogP contribution in [-0.2, 0) is 4.74 Å². The molecule has 6 heteroatoms. The number of aromatic carboxylic acids is 1. The minimum atomic E-state index is -1.02. The number of ether oxygens (including phenoxy) is 2. The number of anilines is 1. The quantitative estimate of drug-likeness (QED) is 0.772. The third-order valence-corrected chi connectivity index (χ3v) is 4.61. The second-order valence-corrected chi connectivity index (χ2v) is 6.12. The van der Waals surface area contributed by atoms with Crippen molar-refractivity contribution in [1.82, 2.24) is 0 Å². The first-order valence-electron chi connectivity index (χ1n) is 8.44. The van der Waals surface area contributed by atoms with Crippen LogP contribution < -0.4 is 9.64 Å². The first kappa shape index (κ1) is 16.5. The van der Waals surface area contributed by atoms with Crippen molar-refractivity contribution in [2.75, 3.05) is 38.3 Å². The van der Waals surface area contributed by atoms with Gasteiger partial charge in [0.25, 0.3) is 0 Å². The topological polar surface area (TPSA) is 72.1 Å². The van der Waals surface area contributed by atoms with Gasteiger partial charge in [-0.2, -0.15) is 0 Å². The Morgan fingerprint density at radius 3 is 2.50 bits per heavy atom. The number of furan rings is 1. The lowest BCUT2D eigenvalue weighted by molar-refractivity contribution is 0.0699. The summed E-state index contributed by atoms with van der Waals surface area (Å²) >= 11 is 0. The molecule has 4 rings (SSSR count). The zero-order valence-corrected chi connectivity index (χ0v) is 14.4. The Kier molecular flexibility index (Phi) is 4.26. The van der Waals surface area contributed by atoms with E-state index in [4.69, 9.17) is 13.9 Å². The largest absolute Gasteiger partial charge is 0.497 e. The molecule has 0 unspecified atom stereocenters. The average Bonchev–Trinajstić information content (AvgIpc) is 3.07. The van der Waals surface area contributed by atoms with Gasteiger partial charge in [0.05, 0.1) is 20.3 Å². The molecule has 0 radical (unpaired) electrons. The molecule has 26 heavy (non-hydrogen) atoms. The highest BCUT2D eigenvalue weighted by Gasteiger charge is 2.22. The Hall–Kier alpha value is -2.99. The van der Waals surface area contributed by atoms with Gasteiger partial charge in [-0.1, -0.05) is 0 Å². The number of benzene rings is 2. The predicted octanol–water partition coefficient (Wildman–Crippen LogP) is 3.64. The van der Waals surface area contributed by atoms with E-state index in [0.717, 1.165) is 37.6 Å². The van der Waals surface area contributed by atoms with E-state index >= 15 is 0 Å². The van der Waals surface area contributed by atoms with Gasteiger partial charge in [0.15, 0.2) is 0 Å². The number of carboxylic acids is 1. The number of hydrogen-bond donors (Lipinski definition) is 1. The highest BCUT2D eigenvalue weighted by Crippen LogP contribution is 2.36. The third-order valence-electron chi connectivity index (χ3n) is 4.61. The van der Waals surface area contributed by atoms with Crippen molar-refractivity contribution in [1.29, 1.82) is 0 Å². The fraction of sp³-hybridized carbons (Fsp3) is 0.250. The van der Waals surface area contributed by atoms with E-state index in [1.54, 1.807) is 25.3 Å². The fourth-order valence-electron chi connectivity index (χ4n) is 3.26. The molecular weight excluding hydrogens is 334 g/mol. The van der Waals surface area contributed by atoms with E-state index < -0.39 is 5.97 Å². The van der Waals surface area contributed by atoms with Gasteiger partial charge >= 0.3 is 5.97 Å². The van der Waals surface area contributed by atoms with Crippen LogP contribution in [0.1, 0.15) is 10.4 Å². The van der Waals surface area contributed by atoms with Crippen molar-refractivity contribution >= 4 is 22.6 Å². The van der Waals surface area contributed by atoms with Crippen LogP contribution in [0.3, 0.4) is 0 Å². The van der Waals surface area contributed by atoms with Crippen LogP contribution in [0.4, 0.5) is 5.69 Å². The Morgan fingerprint density at radius 2 is 1.85 bits per heavy atom. The number of carbonyl (C=O) groups is 1. The van der Waals surface area contributed by atoms with Crippen molar-refractivity contribution in [3.63, 3.8) is 0 Å². The standard InChI is InChI=1S/C20H19NO5/c1-24-15-6-7-17-16(12-15)18(20(22)23)19(26-17)13-2-4-14(5-3-13)21-8-10-25-11-9-21/h2-7,12H,8-11H2,1H3,(H,22,23). The third kappa shape index (κ3) is 2.88. The molecule has 1 aliphatic rings. The number of methoxy groups -OCH3 is 1. The zero-order valence-electron chi connectivity index (χ0n) is 14.4. The molecule has 0 saturated carbocycles. The second kappa shape index (κ2) is 6.72. The normalized spacial score (nSPS) is 14.6. The van der Waals surface area contributed by atoms with Crippen molar-refractivity contribution in [3.8, 4) is 17.1 Å². The summed E-state index contributed by atoms with van der Waals surface area (Å²) in [6, 6.07) is 12.9. The van der Waals surface area contributed by atoms with Crippen molar-refractivity contribution in [2.45, 2.75) is 0 Å². The number of nitrogens with zero attached hydrogens (tertiary/aromatic N) is 1. The molecule has 6 nitrogen and oxygen atoms in total. The van der Waals surface area contributed by atoms with Gasteiger partial charge in [0.2, 0.25) is 0 Å². The molecule has 134 valence electrons. The minimum Gasteiger partial charge on any atom is -0.497 e. The maximum atomic E-state index is 11.9. The van der Waals surface area contributed by atoms with Gasteiger partial charge in [0.1, 0.15) is 22.7 Å². The summed E-state index contributed by atoms with van der Waals surface area (Å²) in [7, 11) is 1.55. The monoisotopic (exact) mass is 353 g/mol. The molecular formula is C20H19NO5. The van der Waals surface area contributed by atoms with Gasteiger partial charge in [-0.05, 0) is 42.5 Å². The molecule has 2 heterocycles. The molecule has 0 bridgehead atoms. The van der Waals surface area contributed by atoms with Crippen LogP contribution in [-0.4, -0.2) is 44.5 Å². The van der Waals surface area contributed by atoms with E-state index in [0.29, 0.717) is 22.5 Å². The number of fused-ring (bicyclic) bond motifs is 1. The highest BCUT2D eigenvalue weighted by molar-refractivity contribution is 6.08. The Morgan fingerprint density at radius 1 is 1.12 bits per heavy atom. The first-order chi connectivity index (χ1) is 12.7. The van der Waals surface area contributed by atoms with E-state index in [9.17, 15) is 9.90 Å². The number of hydrogen-bond acceptors (Lipinski definition) is 5. The molecule has 2 aromatic carbocycles. The molecule has 0 atom stereocenters. The van der Waals surface area contributed by atoms with Crippen molar-refractivity contribution < 1.29 is 23.8 Å². The summed E-state index contributed by atoms with van der Waals surface area (Å²) in [5.74, 6) is -0.0754. The van der Waals surface area contributed by atoms with Gasteiger partial charge in [0, 0.05) is 29.7 Å². The first-order valence-corrected chi connectivity index (χ1v) is 8.44. The summed E-state index contributed by atoms with van der Waals surface area (Å²) in [6.45, 7) is 3.14. The molecule has 1 N–H and O–H groups in total. The summed E-state index contributed by atoms with van der Waals surface area (Å²) in [6.07, 6.45) is 0. The second-order valence-electron chi connectivity index (χ2n) is 6.12. The van der Waals surface area contributed by atoms with Gasteiger partial charge in [-0.25, -0.2) is 4.79 Å². The molecule has 1 fully saturated rings. The van der Waals surface area contributed by atoms with E-state index in [1.807, 2.05) is 24.3 Å². The SMILES string of the molecule is COc1ccc2oc(-c3ccc(N4CCOCC4)cc3)c(C(=O)O)c2c1. The van der Waals surface area contributed by atoms with E-state index in [-0.39, 0.29) is 5.56 Å².